The summed E-state index contributed by atoms with van der Waals surface area (Å²) in [7, 11) is 0. The molecule has 0 aromatic heterocycles. The van der Waals surface area contributed by atoms with Gasteiger partial charge in [0.2, 0.25) is 0 Å². The van der Waals surface area contributed by atoms with Crippen molar-refractivity contribution in [3.63, 3.8) is 0 Å². The maximum absolute atomic E-state index is 5.98. The number of benzene rings is 2. The molecule has 0 spiro atoms. The van der Waals surface area contributed by atoms with Crippen LogP contribution in [-0.2, 0) is 12.8 Å². The van der Waals surface area contributed by atoms with Gasteiger partial charge in [0.15, 0.2) is 0 Å². The summed E-state index contributed by atoms with van der Waals surface area (Å²) in [5.74, 6) is 0.211. The maximum atomic E-state index is 5.98. The molecule has 0 bridgehead atoms. The van der Waals surface area contributed by atoms with Crippen molar-refractivity contribution in [2.75, 3.05) is 0 Å². The van der Waals surface area contributed by atoms with Gasteiger partial charge in [0.1, 0.15) is 0 Å². The summed E-state index contributed by atoms with van der Waals surface area (Å²) in [5.41, 5.74) is 9.09. The van der Waals surface area contributed by atoms with Gasteiger partial charge >= 0.3 is 0 Å². The Morgan fingerprint density at radius 2 is 1.76 bits per heavy atom. The van der Waals surface area contributed by atoms with Crippen LogP contribution in [0.5, 0.6) is 0 Å². The fraction of sp³-hybridized carbons (Fsp3) is 0.318. The molecule has 132 valence electrons. The molecule has 1 N–H and O–H groups in total. The van der Waals surface area contributed by atoms with Crippen LogP contribution in [0.3, 0.4) is 0 Å². The molecule has 0 aliphatic carbocycles. The lowest BCUT2D eigenvalue weighted by Gasteiger charge is -2.17. The summed E-state index contributed by atoms with van der Waals surface area (Å²) in [6, 6.07) is 14.4. The highest BCUT2D eigenvalue weighted by atomic mass is 35.5. The van der Waals surface area contributed by atoms with Crippen LogP contribution in [0.15, 0.2) is 59.8 Å². The molecule has 1 atom stereocenters. The minimum atomic E-state index is 0.211. The highest BCUT2D eigenvalue weighted by Crippen LogP contribution is 2.26. The molecule has 2 aromatic rings. The number of rotatable bonds is 8. The van der Waals surface area contributed by atoms with Crippen LogP contribution in [0.2, 0.25) is 5.02 Å². The van der Waals surface area contributed by atoms with Gasteiger partial charge in [0, 0.05) is 16.6 Å². The minimum absolute atomic E-state index is 0.211. The number of hydrazone groups is 1. The van der Waals surface area contributed by atoms with Gasteiger partial charge in [0.25, 0.3) is 0 Å². The highest BCUT2D eigenvalue weighted by molar-refractivity contribution is 6.30. The Labute approximate surface area is 156 Å². The van der Waals surface area contributed by atoms with Crippen LogP contribution in [0.25, 0.3) is 0 Å². The van der Waals surface area contributed by atoms with E-state index in [4.69, 9.17) is 11.6 Å². The molecule has 0 saturated heterocycles. The van der Waals surface area contributed by atoms with E-state index in [0.29, 0.717) is 0 Å². The van der Waals surface area contributed by atoms with E-state index in [2.05, 4.69) is 56.1 Å². The zero-order chi connectivity index (χ0) is 18.2. The van der Waals surface area contributed by atoms with Gasteiger partial charge in [-0.1, -0.05) is 63.2 Å². The first-order valence-electron chi connectivity index (χ1n) is 8.94. The summed E-state index contributed by atoms with van der Waals surface area (Å²) < 4.78 is 0. The molecule has 0 amide bonds. The van der Waals surface area contributed by atoms with Crippen LogP contribution in [-0.4, -0.2) is 6.21 Å². The number of hydrogen-bond donors (Lipinski definition) is 1. The van der Waals surface area contributed by atoms with Gasteiger partial charge in [-0.3, -0.25) is 5.43 Å². The van der Waals surface area contributed by atoms with Gasteiger partial charge in [-0.2, -0.15) is 5.10 Å². The molecule has 2 nitrogen and oxygen atoms in total. The standard InChI is InChI=1S/C22H27ClN2/c1-5-18-9-8-17(14-19(18)6-2)15-24-25-16(4)22(7-3)20-10-12-21(23)13-11-20/h8-15,22,25H,4-7H2,1-3H3/b24-15+. The number of hydrogen-bond acceptors (Lipinski definition) is 2. The monoisotopic (exact) mass is 354 g/mol. The van der Waals surface area contributed by atoms with Crippen LogP contribution in [0.1, 0.15) is 55.4 Å². The zero-order valence-electron chi connectivity index (χ0n) is 15.3. The average molecular weight is 355 g/mol. The van der Waals surface area contributed by atoms with E-state index in [1.54, 1.807) is 0 Å². The third-order valence-electron chi connectivity index (χ3n) is 4.52. The second kappa shape index (κ2) is 9.43. The molecule has 0 aliphatic heterocycles. The Morgan fingerprint density at radius 1 is 1.08 bits per heavy atom. The summed E-state index contributed by atoms with van der Waals surface area (Å²) in [4.78, 5) is 0. The first-order chi connectivity index (χ1) is 12.1. The zero-order valence-corrected chi connectivity index (χ0v) is 16.1. The first kappa shape index (κ1) is 19.3. The molecule has 0 radical (unpaired) electrons. The van der Waals surface area contributed by atoms with Crippen molar-refractivity contribution in [3.05, 3.63) is 82.0 Å². The smallest absolute Gasteiger partial charge is 0.0544 e. The van der Waals surface area contributed by atoms with E-state index in [1.807, 2.05) is 30.5 Å². The molecule has 1 unspecified atom stereocenters. The lowest BCUT2D eigenvalue weighted by atomic mass is 9.94. The van der Waals surface area contributed by atoms with E-state index < -0.39 is 0 Å². The van der Waals surface area contributed by atoms with Crippen molar-refractivity contribution < 1.29 is 0 Å². The molecule has 2 rings (SSSR count). The van der Waals surface area contributed by atoms with Crippen molar-refractivity contribution in [2.24, 2.45) is 5.10 Å². The third-order valence-corrected chi connectivity index (χ3v) is 4.77. The Kier molecular flexibility index (Phi) is 7.27. The highest BCUT2D eigenvalue weighted by Gasteiger charge is 2.12. The van der Waals surface area contributed by atoms with Crippen molar-refractivity contribution in [3.8, 4) is 0 Å². The molecule has 2 aromatic carbocycles. The summed E-state index contributed by atoms with van der Waals surface area (Å²) in [6.07, 6.45) is 4.92. The lowest BCUT2D eigenvalue weighted by Crippen LogP contribution is -2.13. The summed E-state index contributed by atoms with van der Waals surface area (Å²) in [6.45, 7) is 10.7. The second-order valence-corrected chi connectivity index (χ2v) is 6.58. The van der Waals surface area contributed by atoms with E-state index in [-0.39, 0.29) is 5.92 Å². The minimum Gasteiger partial charge on any atom is -0.283 e. The molecule has 0 heterocycles. The SMILES string of the molecule is C=C(N/N=C/c1ccc(CC)c(CC)c1)C(CC)c1ccc(Cl)cc1. The second-order valence-electron chi connectivity index (χ2n) is 6.14. The quantitative estimate of drug-likeness (QED) is 0.449. The normalized spacial score (nSPS) is 12.3. The molecular formula is C22H27ClN2. The molecule has 0 saturated carbocycles. The Balaban J connectivity index is 2.05. The van der Waals surface area contributed by atoms with Crippen molar-refractivity contribution in [1.29, 1.82) is 0 Å². The van der Waals surface area contributed by atoms with Crippen molar-refractivity contribution in [2.45, 2.75) is 46.0 Å². The van der Waals surface area contributed by atoms with E-state index in [9.17, 15) is 0 Å². The predicted octanol–water partition coefficient (Wildman–Crippen LogP) is 6.10. The molecule has 3 heteroatoms. The number of nitrogens with zero attached hydrogens (tertiary/aromatic N) is 1. The van der Waals surface area contributed by atoms with E-state index >= 15 is 0 Å². The largest absolute Gasteiger partial charge is 0.283 e. The molecule has 0 fully saturated rings. The number of nitrogens with one attached hydrogen (secondary N) is 1. The van der Waals surface area contributed by atoms with Crippen LogP contribution in [0, 0.1) is 0 Å². The lowest BCUT2D eigenvalue weighted by molar-refractivity contribution is 0.686. The third kappa shape index (κ3) is 5.20. The van der Waals surface area contributed by atoms with Gasteiger partial charge in [-0.05, 0) is 59.7 Å². The van der Waals surface area contributed by atoms with Crippen LogP contribution >= 0.6 is 11.6 Å². The maximum Gasteiger partial charge on any atom is 0.0544 e. The predicted molar refractivity (Wildman–Crippen MR) is 110 cm³/mol. The van der Waals surface area contributed by atoms with Crippen molar-refractivity contribution >= 4 is 17.8 Å². The van der Waals surface area contributed by atoms with Gasteiger partial charge < -0.3 is 0 Å². The first-order valence-corrected chi connectivity index (χ1v) is 9.31. The average Bonchev–Trinajstić information content (AvgIpc) is 2.63. The Hall–Kier alpha value is -2.06. The van der Waals surface area contributed by atoms with Crippen LogP contribution < -0.4 is 5.43 Å². The van der Waals surface area contributed by atoms with E-state index in [1.165, 1.54) is 16.7 Å². The van der Waals surface area contributed by atoms with E-state index in [0.717, 1.165) is 35.5 Å². The molecular weight excluding hydrogens is 328 g/mol. The van der Waals surface area contributed by atoms with Crippen LogP contribution in [0.4, 0.5) is 0 Å². The Bertz CT molecular complexity index is 732. The van der Waals surface area contributed by atoms with Gasteiger partial charge in [-0.15, -0.1) is 0 Å². The fourth-order valence-electron chi connectivity index (χ4n) is 3.05. The van der Waals surface area contributed by atoms with Gasteiger partial charge in [-0.25, -0.2) is 0 Å². The summed E-state index contributed by atoms with van der Waals surface area (Å²) >= 11 is 5.98. The Morgan fingerprint density at radius 3 is 2.36 bits per heavy atom. The number of halogens is 1. The van der Waals surface area contributed by atoms with Crippen molar-refractivity contribution in [1.82, 2.24) is 5.43 Å². The molecule has 25 heavy (non-hydrogen) atoms. The van der Waals surface area contributed by atoms with Gasteiger partial charge in [0.05, 0.1) is 6.21 Å². The molecule has 0 aliphatic rings. The topological polar surface area (TPSA) is 24.4 Å². The number of allylic oxidation sites excluding steroid dienone is 1. The summed E-state index contributed by atoms with van der Waals surface area (Å²) in [5, 5.41) is 5.13. The number of aryl methyl sites for hydroxylation is 2. The fourth-order valence-corrected chi connectivity index (χ4v) is 3.17.